The number of carbonyl (C=O) groups excluding carboxylic acids is 2. The third-order valence-corrected chi connectivity index (χ3v) is 6.40. The van der Waals surface area contributed by atoms with Crippen LogP contribution in [0.5, 0.6) is 0 Å². The summed E-state index contributed by atoms with van der Waals surface area (Å²) in [7, 11) is 0. The second kappa shape index (κ2) is 9.03. The van der Waals surface area contributed by atoms with Crippen LogP contribution in [0.2, 0.25) is 0 Å². The molecule has 4 rings (SSSR count). The van der Waals surface area contributed by atoms with Gasteiger partial charge in [0.2, 0.25) is 0 Å². The van der Waals surface area contributed by atoms with Crippen LogP contribution in [0.3, 0.4) is 0 Å². The Labute approximate surface area is 205 Å². The Morgan fingerprint density at radius 1 is 1.09 bits per heavy atom. The van der Waals surface area contributed by atoms with Crippen molar-refractivity contribution >= 4 is 56.8 Å². The number of aryl methyl sites for hydroxylation is 2. The topological polar surface area (TPSA) is 54.3 Å². The van der Waals surface area contributed by atoms with Crippen molar-refractivity contribution in [3.8, 4) is 5.69 Å². The highest BCUT2D eigenvalue weighted by molar-refractivity contribution is 9.10. The molecule has 1 fully saturated rings. The molecule has 2 aromatic carbocycles. The summed E-state index contributed by atoms with van der Waals surface area (Å²) < 4.78 is 17.0. The first-order valence-corrected chi connectivity index (χ1v) is 11.6. The molecule has 3 aromatic rings. The Hall–Kier alpha value is -3.10. The number of aromatic nitrogens is 1. The third-order valence-electron chi connectivity index (χ3n) is 5.63. The molecule has 1 N–H and O–H groups in total. The Morgan fingerprint density at radius 2 is 1.79 bits per heavy atom. The summed E-state index contributed by atoms with van der Waals surface area (Å²) >= 11 is 8.55. The average Bonchev–Trinajstić information content (AvgIpc) is 3.04. The standard InChI is InChI=1S/C25H21BrFN3O2S/c1-4-16-5-8-19(9-6-16)30-24(32)20(23(31)28-25(30)33)12-17-11-14(2)29(15(17)3)22-10-7-18(26)13-21(22)27/h5-13H,4H2,1-3H3,(H,28,31,33)/b20-12+. The second-order valence-corrected chi connectivity index (χ2v) is 9.04. The Kier molecular flexibility index (Phi) is 6.32. The fourth-order valence-electron chi connectivity index (χ4n) is 3.90. The number of halogens is 2. The van der Waals surface area contributed by atoms with Gasteiger partial charge in [0.15, 0.2) is 5.11 Å². The fourth-order valence-corrected chi connectivity index (χ4v) is 4.51. The predicted octanol–water partition coefficient (Wildman–Crippen LogP) is 5.39. The van der Waals surface area contributed by atoms with Gasteiger partial charge in [-0.25, -0.2) is 4.39 Å². The SMILES string of the molecule is CCc1ccc(N2C(=O)/C(=C/c3cc(C)n(-c4ccc(Br)cc4F)c3C)C(=O)NC2=S)cc1. The van der Waals surface area contributed by atoms with Crippen LogP contribution >= 0.6 is 28.1 Å². The molecule has 0 atom stereocenters. The van der Waals surface area contributed by atoms with Crippen molar-refractivity contribution in [1.29, 1.82) is 0 Å². The van der Waals surface area contributed by atoms with Crippen molar-refractivity contribution in [2.45, 2.75) is 27.2 Å². The molecule has 33 heavy (non-hydrogen) atoms. The van der Waals surface area contributed by atoms with Crippen LogP contribution in [0, 0.1) is 19.7 Å². The number of hydrogen-bond donors (Lipinski definition) is 1. The normalized spacial score (nSPS) is 15.4. The first-order valence-electron chi connectivity index (χ1n) is 10.4. The van der Waals surface area contributed by atoms with Crippen molar-refractivity contribution in [2.75, 3.05) is 4.90 Å². The van der Waals surface area contributed by atoms with E-state index in [2.05, 4.69) is 21.2 Å². The lowest BCUT2D eigenvalue weighted by Crippen LogP contribution is -2.54. The number of anilines is 1. The van der Waals surface area contributed by atoms with Crippen molar-refractivity contribution in [2.24, 2.45) is 0 Å². The fraction of sp³-hybridized carbons (Fsp3) is 0.160. The molecule has 0 spiro atoms. The minimum Gasteiger partial charge on any atom is -0.315 e. The maximum atomic E-state index is 14.6. The van der Waals surface area contributed by atoms with E-state index in [1.807, 2.05) is 39.0 Å². The van der Waals surface area contributed by atoms with Crippen molar-refractivity contribution in [1.82, 2.24) is 9.88 Å². The van der Waals surface area contributed by atoms with E-state index in [4.69, 9.17) is 12.2 Å². The number of benzene rings is 2. The van der Waals surface area contributed by atoms with E-state index in [9.17, 15) is 14.0 Å². The van der Waals surface area contributed by atoms with Crippen LogP contribution in [-0.2, 0) is 16.0 Å². The van der Waals surface area contributed by atoms with Crippen molar-refractivity contribution < 1.29 is 14.0 Å². The molecule has 0 bridgehead atoms. The molecule has 2 heterocycles. The molecular weight excluding hydrogens is 505 g/mol. The molecule has 0 saturated carbocycles. The lowest BCUT2D eigenvalue weighted by atomic mass is 10.1. The summed E-state index contributed by atoms with van der Waals surface area (Å²) in [5, 5.41) is 2.64. The predicted molar refractivity (Wildman–Crippen MR) is 135 cm³/mol. The van der Waals surface area contributed by atoms with Crippen LogP contribution in [0.4, 0.5) is 10.1 Å². The maximum Gasteiger partial charge on any atom is 0.270 e. The van der Waals surface area contributed by atoms with Crippen molar-refractivity contribution in [3.63, 3.8) is 0 Å². The van der Waals surface area contributed by atoms with Gasteiger partial charge < -0.3 is 4.57 Å². The van der Waals surface area contributed by atoms with E-state index < -0.39 is 11.8 Å². The summed E-state index contributed by atoms with van der Waals surface area (Å²) in [6, 6.07) is 14.1. The minimum atomic E-state index is -0.564. The van der Waals surface area contributed by atoms with Crippen molar-refractivity contribution in [3.05, 3.63) is 86.9 Å². The number of amides is 2. The zero-order valence-corrected chi connectivity index (χ0v) is 20.7. The molecular formula is C25H21BrFN3O2S. The summed E-state index contributed by atoms with van der Waals surface area (Å²) in [4.78, 5) is 27.3. The molecule has 1 aromatic heterocycles. The van der Waals surface area contributed by atoms with Gasteiger partial charge in [-0.3, -0.25) is 19.8 Å². The molecule has 168 valence electrons. The lowest BCUT2D eigenvalue weighted by molar-refractivity contribution is -0.122. The zero-order valence-electron chi connectivity index (χ0n) is 18.3. The number of nitrogens with zero attached hydrogens (tertiary/aromatic N) is 2. The van der Waals surface area contributed by atoms with Crippen LogP contribution < -0.4 is 10.2 Å². The van der Waals surface area contributed by atoms with Gasteiger partial charge in [0.25, 0.3) is 11.8 Å². The van der Waals surface area contributed by atoms with Gasteiger partial charge >= 0.3 is 0 Å². The lowest BCUT2D eigenvalue weighted by Gasteiger charge is -2.29. The van der Waals surface area contributed by atoms with Gasteiger partial charge in [-0.05, 0) is 86.1 Å². The molecule has 1 aliphatic rings. The van der Waals surface area contributed by atoms with Crippen LogP contribution in [0.25, 0.3) is 11.8 Å². The molecule has 0 radical (unpaired) electrons. The van der Waals surface area contributed by atoms with Gasteiger partial charge in [-0.15, -0.1) is 0 Å². The van der Waals surface area contributed by atoms with E-state index in [-0.39, 0.29) is 16.5 Å². The van der Waals surface area contributed by atoms with E-state index in [1.165, 1.54) is 17.0 Å². The second-order valence-electron chi connectivity index (χ2n) is 7.74. The number of hydrogen-bond acceptors (Lipinski definition) is 3. The number of rotatable bonds is 4. The monoisotopic (exact) mass is 525 g/mol. The highest BCUT2D eigenvalue weighted by Crippen LogP contribution is 2.28. The molecule has 1 aliphatic heterocycles. The van der Waals surface area contributed by atoms with E-state index >= 15 is 0 Å². The average molecular weight is 526 g/mol. The maximum absolute atomic E-state index is 14.6. The van der Waals surface area contributed by atoms with Gasteiger partial charge in [0.1, 0.15) is 11.4 Å². The smallest absolute Gasteiger partial charge is 0.270 e. The molecule has 0 unspecified atom stereocenters. The molecule has 8 heteroatoms. The number of thiocarbonyl (C=S) groups is 1. The first-order chi connectivity index (χ1) is 15.7. The van der Waals surface area contributed by atoms with E-state index in [1.54, 1.807) is 28.8 Å². The highest BCUT2D eigenvalue weighted by Gasteiger charge is 2.34. The van der Waals surface area contributed by atoms with Gasteiger partial charge in [0, 0.05) is 15.9 Å². The minimum absolute atomic E-state index is 0.0359. The highest BCUT2D eigenvalue weighted by atomic mass is 79.9. The Morgan fingerprint density at radius 3 is 2.42 bits per heavy atom. The third kappa shape index (κ3) is 4.28. The van der Waals surface area contributed by atoms with E-state index in [0.29, 0.717) is 27.1 Å². The largest absolute Gasteiger partial charge is 0.315 e. The zero-order chi connectivity index (χ0) is 23.9. The number of nitrogens with one attached hydrogen (secondary N) is 1. The molecule has 0 aliphatic carbocycles. The summed E-state index contributed by atoms with van der Waals surface area (Å²) in [6.07, 6.45) is 2.40. The Balaban J connectivity index is 1.75. The molecule has 5 nitrogen and oxygen atoms in total. The number of carbonyl (C=O) groups is 2. The van der Waals surface area contributed by atoms with Gasteiger partial charge in [-0.1, -0.05) is 35.0 Å². The Bertz CT molecular complexity index is 1330. The van der Waals surface area contributed by atoms with Gasteiger partial charge in [-0.2, -0.15) is 0 Å². The first kappa shape index (κ1) is 23.1. The summed E-state index contributed by atoms with van der Waals surface area (Å²) in [5.41, 5.74) is 4.16. The van der Waals surface area contributed by atoms with Crippen LogP contribution in [0.1, 0.15) is 29.4 Å². The quantitative estimate of drug-likeness (QED) is 0.282. The summed E-state index contributed by atoms with van der Waals surface area (Å²) in [6.45, 7) is 5.71. The van der Waals surface area contributed by atoms with Crippen LogP contribution in [0.15, 0.2) is 58.6 Å². The van der Waals surface area contributed by atoms with E-state index in [0.717, 1.165) is 17.7 Å². The van der Waals surface area contributed by atoms with Gasteiger partial charge in [0.05, 0.1) is 11.4 Å². The molecule has 2 amide bonds. The molecule has 1 saturated heterocycles. The van der Waals surface area contributed by atoms with Crippen LogP contribution in [-0.4, -0.2) is 21.5 Å². The summed E-state index contributed by atoms with van der Waals surface area (Å²) in [5.74, 6) is -1.46.